The summed E-state index contributed by atoms with van der Waals surface area (Å²) in [6, 6.07) is 6.80. The number of esters is 1. The lowest BCUT2D eigenvalue weighted by atomic mass is 10.3. The molecule has 1 aromatic carbocycles. The van der Waals surface area contributed by atoms with Crippen molar-refractivity contribution in [2.75, 3.05) is 0 Å². The summed E-state index contributed by atoms with van der Waals surface area (Å²) in [6.07, 6.45) is -1.09. The van der Waals surface area contributed by atoms with Crippen molar-refractivity contribution < 1.29 is 14.6 Å². The van der Waals surface area contributed by atoms with Gasteiger partial charge in [0.05, 0.1) is 0 Å². The number of rotatable bonds is 2. The van der Waals surface area contributed by atoms with Crippen molar-refractivity contribution in [3.05, 3.63) is 28.7 Å². The first-order valence-electron chi connectivity index (χ1n) is 3.75. The molecule has 1 rings (SSSR count). The Morgan fingerprint density at radius 3 is 2.46 bits per heavy atom. The van der Waals surface area contributed by atoms with Gasteiger partial charge in [-0.3, -0.25) is 0 Å². The zero-order valence-electron chi connectivity index (χ0n) is 7.03. The van der Waals surface area contributed by atoms with E-state index in [2.05, 4.69) is 15.9 Å². The first-order valence-corrected chi connectivity index (χ1v) is 4.54. The smallest absolute Gasteiger partial charge is 0.340 e. The van der Waals surface area contributed by atoms with Crippen LogP contribution in [-0.4, -0.2) is 17.2 Å². The first kappa shape index (κ1) is 10.2. The van der Waals surface area contributed by atoms with Gasteiger partial charge in [0.25, 0.3) is 0 Å². The van der Waals surface area contributed by atoms with Crippen LogP contribution in [0.15, 0.2) is 28.7 Å². The molecule has 0 unspecified atom stereocenters. The maximum atomic E-state index is 10.9. The van der Waals surface area contributed by atoms with Crippen molar-refractivity contribution in [3.63, 3.8) is 0 Å². The number of hydrogen-bond donors (Lipinski definition) is 1. The number of ether oxygens (including phenoxy) is 1. The van der Waals surface area contributed by atoms with Gasteiger partial charge in [-0.2, -0.15) is 0 Å². The number of halogens is 1. The highest BCUT2D eigenvalue weighted by atomic mass is 79.9. The van der Waals surface area contributed by atoms with Crippen LogP contribution in [0.1, 0.15) is 6.92 Å². The Labute approximate surface area is 84.5 Å². The highest BCUT2D eigenvalue weighted by Crippen LogP contribution is 2.16. The summed E-state index contributed by atoms with van der Waals surface area (Å²) in [5, 5.41) is 8.85. The standard InChI is InChI=1S/C9H9BrO3/c1-6(11)9(12)13-8-4-2-7(10)3-5-8/h2-6,11H,1H3/t6-/m1/s1. The van der Waals surface area contributed by atoms with Gasteiger partial charge in [-0.05, 0) is 31.2 Å². The minimum absolute atomic E-state index is 0.425. The fourth-order valence-corrected chi connectivity index (χ4v) is 0.968. The van der Waals surface area contributed by atoms with E-state index in [-0.39, 0.29) is 0 Å². The summed E-state index contributed by atoms with van der Waals surface area (Å²) in [4.78, 5) is 10.9. The first-order chi connectivity index (χ1) is 6.09. The molecule has 4 heteroatoms. The average molecular weight is 245 g/mol. The summed E-state index contributed by atoms with van der Waals surface area (Å²) < 4.78 is 5.73. The van der Waals surface area contributed by atoms with Crippen molar-refractivity contribution in [1.82, 2.24) is 0 Å². The predicted octanol–water partition coefficient (Wildman–Crippen LogP) is 1.74. The maximum Gasteiger partial charge on any atom is 0.340 e. The van der Waals surface area contributed by atoms with Crippen molar-refractivity contribution in [2.24, 2.45) is 0 Å². The zero-order chi connectivity index (χ0) is 9.84. The van der Waals surface area contributed by atoms with Gasteiger partial charge in [0.1, 0.15) is 11.9 Å². The van der Waals surface area contributed by atoms with Crippen LogP contribution >= 0.6 is 15.9 Å². The molecule has 0 aliphatic rings. The summed E-state index contributed by atoms with van der Waals surface area (Å²) in [7, 11) is 0. The van der Waals surface area contributed by atoms with Gasteiger partial charge >= 0.3 is 5.97 Å². The molecule has 0 saturated heterocycles. The second-order valence-corrected chi connectivity index (χ2v) is 3.47. The van der Waals surface area contributed by atoms with Crippen molar-refractivity contribution in [1.29, 1.82) is 0 Å². The molecule has 0 aliphatic heterocycles. The Morgan fingerprint density at radius 2 is 2.00 bits per heavy atom. The largest absolute Gasteiger partial charge is 0.425 e. The number of benzene rings is 1. The predicted molar refractivity (Wildman–Crippen MR) is 51.5 cm³/mol. The SMILES string of the molecule is C[C@@H](O)C(=O)Oc1ccc(Br)cc1. The van der Waals surface area contributed by atoms with Crippen LogP contribution in [0.4, 0.5) is 0 Å². The molecule has 0 amide bonds. The molecule has 0 bridgehead atoms. The third kappa shape index (κ3) is 3.16. The van der Waals surface area contributed by atoms with Crippen molar-refractivity contribution >= 4 is 21.9 Å². The van der Waals surface area contributed by atoms with Gasteiger partial charge in [-0.15, -0.1) is 0 Å². The Bertz CT molecular complexity index is 292. The number of aliphatic hydroxyl groups is 1. The van der Waals surface area contributed by atoms with Crippen LogP contribution in [0.25, 0.3) is 0 Å². The summed E-state index contributed by atoms with van der Waals surface area (Å²) in [5.41, 5.74) is 0. The van der Waals surface area contributed by atoms with Crippen molar-refractivity contribution in [2.45, 2.75) is 13.0 Å². The van der Waals surface area contributed by atoms with Gasteiger partial charge in [0.2, 0.25) is 0 Å². The molecule has 1 atom stereocenters. The van der Waals surface area contributed by atoms with Crippen LogP contribution in [0, 0.1) is 0 Å². The van der Waals surface area contributed by atoms with E-state index in [4.69, 9.17) is 9.84 Å². The molecule has 3 nitrogen and oxygen atoms in total. The lowest BCUT2D eigenvalue weighted by molar-refractivity contribution is -0.142. The lowest BCUT2D eigenvalue weighted by Crippen LogP contribution is -2.21. The molecule has 0 radical (unpaired) electrons. The summed E-state index contributed by atoms with van der Waals surface area (Å²) in [6.45, 7) is 1.36. The Morgan fingerprint density at radius 1 is 1.46 bits per heavy atom. The Hall–Kier alpha value is -0.870. The molecule has 1 aromatic rings. The third-order valence-electron chi connectivity index (χ3n) is 1.37. The minimum Gasteiger partial charge on any atom is -0.425 e. The van der Waals surface area contributed by atoms with Gasteiger partial charge < -0.3 is 9.84 Å². The van der Waals surface area contributed by atoms with E-state index in [0.717, 1.165) is 4.47 Å². The van der Waals surface area contributed by atoms with E-state index >= 15 is 0 Å². The monoisotopic (exact) mass is 244 g/mol. The molecule has 0 aliphatic carbocycles. The van der Waals surface area contributed by atoms with Gasteiger partial charge in [-0.1, -0.05) is 15.9 Å². The molecule has 1 N–H and O–H groups in total. The number of aliphatic hydroxyl groups excluding tert-OH is 1. The third-order valence-corrected chi connectivity index (χ3v) is 1.90. The zero-order valence-corrected chi connectivity index (χ0v) is 8.61. The highest BCUT2D eigenvalue weighted by molar-refractivity contribution is 9.10. The maximum absolute atomic E-state index is 10.9. The summed E-state index contributed by atoms with van der Waals surface area (Å²) >= 11 is 3.25. The van der Waals surface area contributed by atoms with Crippen molar-refractivity contribution in [3.8, 4) is 5.75 Å². The molecular formula is C9H9BrO3. The average Bonchev–Trinajstić information content (AvgIpc) is 2.08. The molecule has 0 aromatic heterocycles. The summed E-state index contributed by atoms with van der Waals surface area (Å²) in [5.74, 6) is -0.226. The number of hydrogen-bond acceptors (Lipinski definition) is 3. The number of carbonyl (C=O) groups excluding carboxylic acids is 1. The van der Waals surface area contributed by atoms with Gasteiger partial charge in [0, 0.05) is 4.47 Å². The lowest BCUT2D eigenvalue weighted by Gasteiger charge is -2.05. The van der Waals surface area contributed by atoms with E-state index in [1.165, 1.54) is 6.92 Å². The molecule has 70 valence electrons. The van der Waals surface area contributed by atoms with Gasteiger partial charge in [0.15, 0.2) is 0 Å². The van der Waals surface area contributed by atoms with E-state index in [1.54, 1.807) is 24.3 Å². The molecule has 0 heterocycles. The highest BCUT2D eigenvalue weighted by Gasteiger charge is 2.10. The van der Waals surface area contributed by atoms with Crippen LogP contribution in [0.3, 0.4) is 0 Å². The normalized spacial score (nSPS) is 12.2. The number of carbonyl (C=O) groups is 1. The van der Waals surface area contributed by atoms with E-state index in [1.807, 2.05) is 0 Å². The second-order valence-electron chi connectivity index (χ2n) is 2.55. The molecular weight excluding hydrogens is 236 g/mol. The Balaban J connectivity index is 2.65. The quantitative estimate of drug-likeness (QED) is 0.637. The minimum atomic E-state index is -1.09. The second kappa shape index (κ2) is 4.39. The van der Waals surface area contributed by atoms with Crippen LogP contribution in [-0.2, 0) is 4.79 Å². The van der Waals surface area contributed by atoms with Crippen LogP contribution < -0.4 is 4.74 Å². The van der Waals surface area contributed by atoms with E-state index in [0.29, 0.717) is 5.75 Å². The fraction of sp³-hybridized carbons (Fsp3) is 0.222. The molecule has 0 spiro atoms. The fourth-order valence-electron chi connectivity index (χ4n) is 0.704. The van der Waals surface area contributed by atoms with E-state index in [9.17, 15) is 4.79 Å². The molecule has 0 saturated carbocycles. The molecule has 0 fully saturated rings. The van der Waals surface area contributed by atoms with Crippen LogP contribution in [0.5, 0.6) is 5.75 Å². The van der Waals surface area contributed by atoms with E-state index < -0.39 is 12.1 Å². The topological polar surface area (TPSA) is 46.5 Å². The molecule has 13 heavy (non-hydrogen) atoms. The van der Waals surface area contributed by atoms with Gasteiger partial charge in [-0.25, -0.2) is 4.79 Å². The van der Waals surface area contributed by atoms with Crippen LogP contribution in [0.2, 0.25) is 0 Å². The Kier molecular flexibility index (Phi) is 3.45.